The third-order valence-corrected chi connectivity index (χ3v) is 4.28. The predicted molar refractivity (Wildman–Crippen MR) is 73.6 cm³/mol. The average Bonchev–Trinajstić information content (AvgIpc) is 2.95. The molecule has 2 amide bonds. The first-order chi connectivity index (χ1) is 9.15. The first-order valence-corrected chi connectivity index (χ1v) is 7.45. The summed E-state index contributed by atoms with van der Waals surface area (Å²) in [5, 5.41) is 3.25. The summed E-state index contributed by atoms with van der Waals surface area (Å²) < 4.78 is 0. The summed E-state index contributed by atoms with van der Waals surface area (Å²) in [6.07, 6.45) is 2.61. The summed E-state index contributed by atoms with van der Waals surface area (Å²) in [6, 6.07) is -0.209. The normalized spacial score (nSPS) is 25.5. The van der Waals surface area contributed by atoms with Crippen molar-refractivity contribution < 1.29 is 9.59 Å². The lowest BCUT2D eigenvalue weighted by Crippen LogP contribution is -2.54. The van der Waals surface area contributed by atoms with Crippen molar-refractivity contribution in [1.29, 1.82) is 0 Å². The summed E-state index contributed by atoms with van der Waals surface area (Å²) in [5.74, 6) is 0.320. The highest BCUT2D eigenvalue weighted by molar-refractivity contribution is 5.89. The Morgan fingerprint density at radius 2 is 1.95 bits per heavy atom. The van der Waals surface area contributed by atoms with E-state index in [1.54, 1.807) is 0 Å². The van der Waals surface area contributed by atoms with Crippen LogP contribution in [0.4, 0.5) is 0 Å². The molecule has 0 bridgehead atoms. The van der Waals surface area contributed by atoms with Crippen molar-refractivity contribution in [3.8, 4) is 0 Å². The standard InChI is InChI=1S/C14H25N3O2/c1-3-11(2)13(18)17-8-4-5-12(17)14(19)16-9-6-15-7-10-16/h11-12,15H,3-10H2,1-2H3. The Hall–Kier alpha value is -1.10. The molecule has 2 fully saturated rings. The van der Waals surface area contributed by atoms with Gasteiger partial charge in [0.2, 0.25) is 11.8 Å². The van der Waals surface area contributed by atoms with E-state index in [1.807, 2.05) is 23.6 Å². The second-order valence-electron chi connectivity index (χ2n) is 5.57. The van der Waals surface area contributed by atoms with Gasteiger partial charge in [-0.3, -0.25) is 9.59 Å². The molecule has 108 valence electrons. The van der Waals surface area contributed by atoms with Gasteiger partial charge in [0.25, 0.3) is 0 Å². The largest absolute Gasteiger partial charge is 0.338 e. The van der Waals surface area contributed by atoms with Crippen molar-refractivity contribution in [1.82, 2.24) is 15.1 Å². The van der Waals surface area contributed by atoms with Crippen LogP contribution < -0.4 is 5.32 Å². The fraction of sp³-hybridized carbons (Fsp3) is 0.857. The van der Waals surface area contributed by atoms with E-state index in [2.05, 4.69) is 5.32 Å². The molecule has 5 heteroatoms. The second kappa shape index (κ2) is 6.37. The highest BCUT2D eigenvalue weighted by Gasteiger charge is 2.37. The van der Waals surface area contributed by atoms with Gasteiger partial charge in [-0.15, -0.1) is 0 Å². The maximum absolute atomic E-state index is 12.5. The van der Waals surface area contributed by atoms with Crippen molar-refractivity contribution in [2.75, 3.05) is 32.7 Å². The minimum absolute atomic E-state index is 0.0245. The number of nitrogens with one attached hydrogen (secondary N) is 1. The van der Waals surface area contributed by atoms with Crippen LogP contribution in [0.5, 0.6) is 0 Å². The van der Waals surface area contributed by atoms with Gasteiger partial charge in [0.05, 0.1) is 0 Å². The minimum atomic E-state index is -0.209. The smallest absolute Gasteiger partial charge is 0.245 e. The van der Waals surface area contributed by atoms with Gasteiger partial charge in [0, 0.05) is 38.6 Å². The Morgan fingerprint density at radius 3 is 2.58 bits per heavy atom. The predicted octanol–water partition coefficient (Wildman–Crippen LogP) is 0.455. The highest BCUT2D eigenvalue weighted by Crippen LogP contribution is 2.22. The number of nitrogens with zero attached hydrogens (tertiary/aromatic N) is 2. The number of likely N-dealkylation sites (tertiary alicyclic amines) is 1. The first kappa shape index (κ1) is 14.3. The fourth-order valence-corrected chi connectivity index (χ4v) is 2.84. The molecule has 2 heterocycles. The molecule has 2 aliphatic rings. The zero-order valence-electron chi connectivity index (χ0n) is 12.0. The SMILES string of the molecule is CCC(C)C(=O)N1CCCC1C(=O)N1CCNCC1. The van der Waals surface area contributed by atoms with Crippen LogP contribution >= 0.6 is 0 Å². The van der Waals surface area contributed by atoms with Crippen molar-refractivity contribution in [3.63, 3.8) is 0 Å². The third-order valence-electron chi connectivity index (χ3n) is 4.28. The molecule has 2 rings (SSSR count). The molecule has 2 saturated heterocycles. The minimum Gasteiger partial charge on any atom is -0.338 e. The van der Waals surface area contributed by atoms with Gasteiger partial charge in [0.1, 0.15) is 6.04 Å². The van der Waals surface area contributed by atoms with Crippen LogP contribution in [0.15, 0.2) is 0 Å². The molecule has 0 aliphatic carbocycles. The molecule has 0 radical (unpaired) electrons. The maximum Gasteiger partial charge on any atom is 0.245 e. The summed E-state index contributed by atoms with van der Waals surface area (Å²) in [6.45, 7) is 7.96. The Morgan fingerprint density at radius 1 is 1.26 bits per heavy atom. The van der Waals surface area contributed by atoms with Crippen molar-refractivity contribution in [2.24, 2.45) is 5.92 Å². The van der Waals surface area contributed by atoms with E-state index in [-0.39, 0.29) is 23.8 Å². The molecule has 2 atom stereocenters. The van der Waals surface area contributed by atoms with E-state index in [0.717, 1.165) is 52.0 Å². The molecule has 5 nitrogen and oxygen atoms in total. The molecule has 2 unspecified atom stereocenters. The molecule has 1 N–H and O–H groups in total. The van der Waals surface area contributed by atoms with E-state index in [4.69, 9.17) is 0 Å². The molecule has 0 aromatic rings. The summed E-state index contributed by atoms with van der Waals surface area (Å²) >= 11 is 0. The monoisotopic (exact) mass is 267 g/mol. The van der Waals surface area contributed by atoms with Gasteiger partial charge in [-0.25, -0.2) is 0 Å². The molecule has 0 spiro atoms. The quantitative estimate of drug-likeness (QED) is 0.808. The molecular weight excluding hydrogens is 242 g/mol. The van der Waals surface area contributed by atoms with Gasteiger partial charge < -0.3 is 15.1 Å². The van der Waals surface area contributed by atoms with Gasteiger partial charge in [-0.05, 0) is 19.3 Å². The lowest BCUT2D eigenvalue weighted by Gasteiger charge is -2.33. The average molecular weight is 267 g/mol. The lowest BCUT2D eigenvalue weighted by molar-refractivity contribution is -0.146. The van der Waals surface area contributed by atoms with E-state index >= 15 is 0 Å². The van der Waals surface area contributed by atoms with Crippen molar-refractivity contribution in [2.45, 2.75) is 39.2 Å². The number of carbonyl (C=O) groups is 2. The zero-order valence-corrected chi connectivity index (χ0v) is 12.0. The molecule has 19 heavy (non-hydrogen) atoms. The number of carbonyl (C=O) groups excluding carboxylic acids is 2. The highest BCUT2D eigenvalue weighted by atomic mass is 16.2. The summed E-state index contributed by atoms with van der Waals surface area (Å²) in [5.41, 5.74) is 0. The summed E-state index contributed by atoms with van der Waals surface area (Å²) in [4.78, 5) is 28.6. The van der Waals surface area contributed by atoms with Crippen LogP contribution in [0.25, 0.3) is 0 Å². The van der Waals surface area contributed by atoms with Gasteiger partial charge in [-0.1, -0.05) is 13.8 Å². The number of hydrogen-bond donors (Lipinski definition) is 1. The molecule has 0 aromatic heterocycles. The number of hydrogen-bond acceptors (Lipinski definition) is 3. The molecule has 2 aliphatic heterocycles. The van der Waals surface area contributed by atoms with Crippen molar-refractivity contribution >= 4 is 11.8 Å². The van der Waals surface area contributed by atoms with Crippen molar-refractivity contribution in [3.05, 3.63) is 0 Å². The van der Waals surface area contributed by atoms with E-state index in [9.17, 15) is 9.59 Å². The Balaban J connectivity index is 2.01. The van der Waals surface area contributed by atoms with E-state index in [1.165, 1.54) is 0 Å². The second-order valence-corrected chi connectivity index (χ2v) is 5.57. The van der Waals surface area contributed by atoms with Crippen LogP contribution in [0.2, 0.25) is 0 Å². The number of piperazine rings is 1. The van der Waals surface area contributed by atoms with Gasteiger partial charge in [-0.2, -0.15) is 0 Å². The van der Waals surface area contributed by atoms with Gasteiger partial charge >= 0.3 is 0 Å². The van der Waals surface area contributed by atoms with Crippen LogP contribution in [0, 0.1) is 5.92 Å². The molecule has 0 aromatic carbocycles. The number of rotatable bonds is 3. The molecule has 0 saturated carbocycles. The van der Waals surface area contributed by atoms with Crippen LogP contribution in [0.1, 0.15) is 33.1 Å². The zero-order chi connectivity index (χ0) is 13.8. The van der Waals surface area contributed by atoms with E-state index < -0.39 is 0 Å². The van der Waals surface area contributed by atoms with E-state index in [0.29, 0.717) is 0 Å². The fourth-order valence-electron chi connectivity index (χ4n) is 2.84. The maximum atomic E-state index is 12.5. The lowest BCUT2D eigenvalue weighted by atomic mass is 10.1. The summed E-state index contributed by atoms with van der Waals surface area (Å²) in [7, 11) is 0. The third kappa shape index (κ3) is 3.08. The first-order valence-electron chi connectivity index (χ1n) is 7.45. The molecular formula is C14H25N3O2. The topological polar surface area (TPSA) is 52.7 Å². The van der Waals surface area contributed by atoms with Gasteiger partial charge in [0.15, 0.2) is 0 Å². The van der Waals surface area contributed by atoms with Crippen LogP contribution in [-0.4, -0.2) is 60.4 Å². The Labute approximate surface area is 115 Å². The number of amides is 2. The Kier molecular flexibility index (Phi) is 4.80. The van der Waals surface area contributed by atoms with Crippen LogP contribution in [-0.2, 0) is 9.59 Å². The Bertz CT molecular complexity index is 340. The van der Waals surface area contributed by atoms with Crippen LogP contribution in [0.3, 0.4) is 0 Å².